The average molecular weight is 256 g/mol. The topological polar surface area (TPSA) is 55.6 Å². The fourth-order valence-electron chi connectivity index (χ4n) is 2.67. The smallest absolute Gasteiger partial charge is 0.410 e. The van der Waals surface area contributed by atoms with E-state index < -0.39 is 5.60 Å². The fourth-order valence-corrected chi connectivity index (χ4v) is 2.67. The number of likely N-dealkylation sites (tertiary alicyclic amines) is 1. The highest BCUT2D eigenvalue weighted by Crippen LogP contribution is 2.29. The maximum atomic E-state index is 12.0. The van der Waals surface area contributed by atoms with Gasteiger partial charge in [0, 0.05) is 19.1 Å². The Morgan fingerprint density at radius 1 is 1.50 bits per heavy atom. The summed E-state index contributed by atoms with van der Waals surface area (Å²) >= 11 is 0. The van der Waals surface area contributed by atoms with E-state index in [1.54, 1.807) is 0 Å². The molecule has 106 valence electrons. The van der Waals surface area contributed by atoms with E-state index in [1.807, 2.05) is 25.7 Å². The van der Waals surface area contributed by atoms with Crippen LogP contribution in [0.1, 0.15) is 47.5 Å². The molecule has 1 rings (SSSR count). The van der Waals surface area contributed by atoms with E-state index in [0.29, 0.717) is 11.8 Å². The van der Waals surface area contributed by atoms with Crippen LogP contribution in [-0.2, 0) is 4.74 Å². The molecular weight excluding hydrogens is 228 g/mol. The number of piperidine rings is 1. The zero-order chi connectivity index (χ0) is 13.9. The van der Waals surface area contributed by atoms with E-state index in [1.165, 1.54) is 0 Å². The third-order valence-corrected chi connectivity index (χ3v) is 3.64. The zero-order valence-corrected chi connectivity index (χ0v) is 12.4. The Hall–Kier alpha value is -0.770. The van der Waals surface area contributed by atoms with Gasteiger partial charge in [-0.1, -0.05) is 13.3 Å². The second-order valence-electron chi connectivity index (χ2n) is 6.41. The van der Waals surface area contributed by atoms with Crippen molar-refractivity contribution in [2.45, 2.75) is 59.1 Å². The van der Waals surface area contributed by atoms with Crippen molar-refractivity contribution in [3.8, 4) is 0 Å². The van der Waals surface area contributed by atoms with Crippen molar-refractivity contribution in [1.82, 2.24) is 4.90 Å². The summed E-state index contributed by atoms with van der Waals surface area (Å²) in [6.07, 6.45) is 1.85. The maximum absolute atomic E-state index is 12.0. The molecule has 1 saturated heterocycles. The highest BCUT2D eigenvalue weighted by molar-refractivity contribution is 5.68. The number of nitrogens with zero attached hydrogens (tertiary/aromatic N) is 1. The predicted octanol–water partition coefficient (Wildman–Crippen LogP) is 2.62. The van der Waals surface area contributed by atoms with Crippen LogP contribution in [0.5, 0.6) is 0 Å². The number of amides is 1. The van der Waals surface area contributed by atoms with Gasteiger partial charge < -0.3 is 15.4 Å². The minimum atomic E-state index is -0.420. The molecule has 1 heterocycles. The lowest BCUT2D eigenvalue weighted by molar-refractivity contribution is 0.00824. The van der Waals surface area contributed by atoms with Crippen LogP contribution in [0.3, 0.4) is 0 Å². The van der Waals surface area contributed by atoms with Gasteiger partial charge in [-0.15, -0.1) is 0 Å². The molecule has 0 aromatic rings. The van der Waals surface area contributed by atoms with E-state index in [-0.39, 0.29) is 12.1 Å². The van der Waals surface area contributed by atoms with Crippen molar-refractivity contribution in [3.05, 3.63) is 0 Å². The van der Waals surface area contributed by atoms with Crippen LogP contribution >= 0.6 is 0 Å². The van der Waals surface area contributed by atoms with Crippen molar-refractivity contribution >= 4 is 6.09 Å². The van der Waals surface area contributed by atoms with Gasteiger partial charge in [0.15, 0.2) is 0 Å². The number of hydrogen-bond donors (Lipinski definition) is 1. The van der Waals surface area contributed by atoms with Gasteiger partial charge in [-0.2, -0.15) is 0 Å². The molecule has 18 heavy (non-hydrogen) atoms. The second-order valence-corrected chi connectivity index (χ2v) is 6.41. The first-order valence-electron chi connectivity index (χ1n) is 6.98. The van der Waals surface area contributed by atoms with Crippen LogP contribution in [0.25, 0.3) is 0 Å². The molecule has 2 N–H and O–H groups in total. The normalized spacial score (nSPS) is 26.9. The lowest BCUT2D eigenvalue weighted by Crippen LogP contribution is -2.49. The van der Waals surface area contributed by atoms with Crippen molar-refractivity contribution in [2.24, 2.45) is 17.6 Å². The molecule has 3 atom stereocenters. The summed E-state index contributed by atoms with van der Waals surface area (Å²) in [6, 6.07) is 0.204. The van der Waals surface area contributed by atoms with E-state index in [2.05, 4.69) is 13.8 Å². The Morgan fingerprint density at radius 3 is 2.56 bits per heavy atom. The van der Waals surface area contributed by atoms with E-state index in [4.69, 9.17) is 10.5 Å². The first-order chi connectivity index (χ1) is 8.24. The second kappa shape index (κ2) is 5.91. The molecule has 1 aliphatic rings. The Bertz CT molecular complexity index is 284. The van der Waals surface area contributed by atoms with Crippen LogP contribution in [0.15, 0.2) is 0 Å². The molecule has 0 aromatic heterocycles. The van der Waals surface area contributed by atoms with Crippen molar-refractivity contribution < 1.29 is 9.53 Å². The monoisotopic (exact) mass is 256 g/mol. The van der Waals surface area contributed by atoms with Gasteiger partial charge in [0.1, 0.15) is 5.60 Å². The Morgan fingerprint density at radius 2 is 2.11 bits per heavy atom. The van der Waals surface area contributed by atoms with Crippen molar-refractivity contribution in [2.75, 3.05) is 13.1 Å². The summed E-state index contributed by atoms with van der Waals surface area (Å²) in [5, 5.41) is 0. The molecule has 0 saturated carbocycles. The molecule has 0 aliphatic carbocycles. The first-order valence-corrected chi connectivity index (χ1v) is 6.98. The third kappa shape index (κ3) is 4.16. The fraction of sp³-hybridized carbons (Fsp3) is 0.929. The molecular formula is C14H28N2O2. The molecule has 1 fully saturated rings. The van der Waals surface area contributed by atoms with Gasteiger partial charge in [-0.05, 0) is 46.0 Å². The minimum absolute atomic E-state index is 0.191. The molecule has 0 radical (unpaired) electrons. The lowest BCUT2D eigenvalue weighted by atomic mass is 9.80. The number of nitrogens with two attached hydrogens (primary N) is 1. The molecule has 4 heteroatoms. The summed E-state index contributed by atoms with van der Waals surface area (Å²) in [7, 11) is 0. The summed E-state index contributed by atoms with van der Waals surface area (Å²) in [6.45, 7) is 11.5. The van der Waals surface area contributed by atoms with Crippen LogP contribution in [-0.4, -0.2) is 35.7 Å². The van der Waals surface area contributed by atoms with Crippen molar-refractivity contribution in [3.63, 3.8) is 0 Å². The maximum Gasteiger partial charge on any atom is 0.410 e. The Kier molecular flexibility index (Phi) is 5.02. The van der Waals surface area contributed by atoms with Crippen LogP contribution in [0.2, 0.25) is 0 Å². The average Bonchev–Trinajstić information content (AvgIpc) is 2.25. The molecule has 1 aliphatic heterocycles. The van der Waals surface area contributed by atoms with Gasteiger partial charge in [0.2, 0.25) is 0 Å². The third-order valence-electron chi connectivity index (χ3n) is 3.64. The molecule has 0 bridgehead atoms. The quantitative estimate of drug-likeness (QED) is 0.826. The SMILES string of the molecule is CCC1CN(C(=O)OC(C)(C)C)CCC1[C@H](C)N. The largest absolute Gasteiger partial charge is 0.444 e. The summed E-state index contributed by atoms with van der Waals surface area (Å²) < 4.78 is 5.42. The minimum Gasteiger partial charge on any atom is -0.444 e. The first kappa shape index (κ1) is 15.3. The van der Waals surface area contributed by atoms with Crippen LogP contribution in [0.4, 0.5) is 4.79 Å². The number of carbonyl (C=O) groups is 1. The van der Waals surface area contributed by atoms with E-state index in [0.717, 1.165) is 25.9 Å². The standard InChI is InChI=1S/C14H28N2O2/c1-6-11-9-16(8-7-12(11)10(2)15)13(17)18-14(3,4)5/h10-12H,6-9,15H2,1-5H3/t10-,11?,12?/m0/s1. The number of carbonyl (C=O) groups excluding carboxylic acids is 1. The summed E-state index contributed by atoms with van der Waals surface area (Å²) in [5.41, 5.74) is 5.60. The summed E-state index contributed by atoms with van der Waals surface area (Å²) in [4.78, 5) is 13.9. The van der Waals surface area contributed by atoms with Crippen LogP contribution < -0.4 is 5.73 Å². The molecule has 2 unspecified atom stereocenters. The number of ether oxygens (including phenoxy) is 1. The van der Waals surface area contributed by atoms with Crippen molar-refractivity contribution in [1.29, 1.82) is 0 Å². The van der Waals surface area contributed by atoms with Gasteiger partial charge in [-0.3, -0.25) is 0 Å². The Labute approximate surface area is 111 Å². The van der Waals surface area contributed by atoms with Gasteiger partial charge in [0.25, 0.3) is 0 Å². The van der Waals surface area contributed by atoms with E-state index >= 15 is 0 Å². The van der Waals surface area contributed by atoms with Crippen LogP contribution in [0, 0.1) is 11.8 Å². The molecule has 0 aromatic carbocycles. The van der Waals surface area contributed by atoms with Gasteiger partial charge in [0.05, 0.1) is 0 Å². The summed E-state index contributed by atoms with van der Waals surface area (Å²) in [5.74, 6) is 1.01. The predicted molar refractivity (Wildman–Crippen MR) is 73.3 cm³/mol. The lowest BCUT2D eigenvalue weighted by Gasteiger charge is -2.40. The van der Waals surface area contributed by atoms with Gasteiger partial charge in [-0.25, -0.2) is 4.79 Å². The zero-order valence-electron chi connectivity index (χ0n) is 12.4. The number of rotatable bonds is 2. The molecule has 0 spiro atoms. The van der Waals surface area contributed by atoms with E-state index in [9.17, 15) is 4.79 Å². The Balaban J connectivity index is 2.60. The molecule has 1 amide bonds. The molecule has 4 nitrogen and oxygen atoms in total. The highest BCUT2D eigenvalue weighted by Gasteiger charge is 2.33. The van der Waals surface area contributed by atoms with Gasteiger partial charge >= 0.3 is 6.09 Å². The highest BCUT2D eigenvalue weighted by atomic mass is 16.6. The number of hydrogen-bond acceptors (Lipinski definition) is 3.